The third kappa shape index (κ3) is 17.0. The van der Waals surface area contributed by atoms with Crippen molar-refractivity contribution in [3.63, 3.8) is 0 Å². The summed E-state index contributed by atoms with van der Waals surface area (Å²) < 4.78 is 0. The van der Waals surface area contributed by atoms with Crippen LogP contribution in [0.3, 0.4) is 0 Å². The number of aliphatic hydroxyl groups excluding tert-OH is 1. The Balaban J connectivity index is 2.16. The van der Waals surface area contributed by atoms with Gasteiger partial charge in [-0.3, -0.25) is 0 Å². The maximum Gasteiger partial charge on any atom is 0.0726 e. The van der Waals surface area contributed by atoms with E-state index in [2.05, 4.69) is 71.9 Å². The van der Waals surface area contributed by atoms with Crippen LogP contribution in [0.2, 0.25) is 0 Å². The van der Waals surface area contributed by atoms with Gasteiger partial charge in [-0.25, -0.2) is 0 Å². The molecule has 1 atom stereocenters. The van der Waals surface area contributed by atoms with Crippen LogP contribution < -0.4 is 0 Å². The summed E-state index contributed by atoms with van der Waals surface area (Å²) in [4.78, 5) is 0. The molecule has 0 fully saturated rings. The van der Waals surface area contributed by atoms with E-state index in [4.69, 9.17) is 0 Å². The molecule has 0 saturated carbocycles. The molecule has 1 rings (SSSR count). The number of hydrogen-bond acceptors (Lipinski definition) is 1. The summed E-state index contributed by atoms with van der Waals surface area (Å²) in [6.45, 7) is 13.6. The predicted octanol–water partition coefficient (Wildman–Crippen LogP) is 11.8. The van der Waals surface area contributed by atoms with Gasteiger partial charge < -0.3 is 5.11 Å². The molecule has 1 heteroatoms. The van der Waals surface area contributed by atoms with Crippen LogP contribution in [0.4, 0.5) is 0 Å². The molecule has 0 aliphatic heterocycles. The zero-order chi connectivity index (χ0) is 27.4. The second kappa shape index (κ2) is 20.6. The molecular formula is C36H62O. The lowest BCUT2D eigenvalue weighted by atomic mass is 9.72. The fourth-order valence-corrected chi connectivity index (χ4v) is 5.62. The lowest BCUT2D eigenvalue weighted by Crippen LogP contribution is -2.19. The molecule has 1 N–H and O–H groups in total. The van der Waals surface area contributed by atoms with E-state index >= 15 is 0 Å². The summed E-state index contributed by atoms with van der Waals surface area (Å²) in [6, 6.07) is 0. The van der Waals surface area contributed by atoms with Crippen LogP contribution in [0.5, 0.6) is 0 Å². The Morgan fingerprint density at radius 1 is 0.811 bits per heavy atom. The van der Waals surface area contributed by atoms with E-state index in [9.17, 15) is 5.11 Å². The van der Waals surface area contributed by atoms with Crippen LogP contribution in [0.1, 0.15) is 157 Å². The van der Waals surface area contributed by atoms with E-state index in [1.165, 1.54) is 114 Å². The third-order valence-corrected chi connectivity index (χ3v) is 8.08. The Bertz CT molecular complexity index is 743. The third-order valence-electron chi connectivity index (χ3n) is 8.08. The van der Waals surface area contributed by atoms with Gasteiger partial charge in [0, 0.05) is 0 Å². The van der Waals surface area contributed by atoms with Crippen molar-refractivity contribution in [3.8, 4) is 0 Å². The van der Waals surface area contributed by atoms with Gasteiger partial charge in [-0.1, -0.05) is 164 Å². The fraction of sp³-hybridized carbons (Fsp3) is 0.722. The van der Waals surface area contributed by atoms with Gasteiger partial charge in [0.15, 0.2) is 0 Å². The van der Waals surface area contributed by atoms with Gasteiger partial charge in [0.05, 0.1) is 6.10 Å². The molecular weight excluding hydrogens is 448 g/mol. The predicted molar refractivity (Wildman–Crippen MR) is 167 cm³/mol. The van der Waals surface area contributed by atoms with Crippen molar-refractivity contribution >= 4 is 0 Å². The van der Waals surface area contributed by atoms with Crippen LogP contribution in [0.25, 0.3) is 0 Å². The molecule has 37 heavy (non-hydrogen) atoms. The standard InChI is InChI=1S/C36H62O/c1-7-8-9-10-11-12-13-14-15-16-17-18-19-20-26-34(37)30-32(3)24-21-23-31(2)27-28-35-33(4)25-22-29-36(35,5)6/h21,23-24,27-28,30,34,37H,7-20,22,25-26,29H2,1-6H3/b24-21+,28-27+,31-23+,32-30+. The van der Waals surface area contributed by atoms with Crippen LogP contribution in [-0.2, 0) is 0 Å². The lowest BCUT2D eigenvalue weighted by Gasteiger charge is -2.32. The minimum absolute atomic E-state index is 0.289. The van der Waals surface area contributed by atoms with Gasteiger partial charge in [-0.2, -0.15) is 0 Å². The molecule has 1 nitrogen and oxygen atoms in total. The molecule has 1 unspecified atom stereocenters. The molecule has 1 aliphatic rings. The minimum atomic E-state index is -0.324. The molecule has 0 radical (unpaired) electrons. The average molecular weight is 511 g/mol. The van der Waals surface area contributed by atoms with Gasteiger partial charge in [0.2, 0.25) is 0 Å². The van der Waals surface area contributed by atoms with Crippen molar-refractivity contribution in [2.75, 3.05) is 0 Å². The van der Waals surface area contributed by atoms with Crippen LogP contribution in [-0.4, -0.2) is 11.2 Å². The summed E-state index contributed by atoms with van der Waals surface area (Å²) in [5.74, 6) is 0. The summed E-state index contributed by atoms with van der Waals surface area (Å²) in [6.07, 6.45) is 36.6. The molecule has 0 amide bonds. The smallest absolute Gasteiger partial charge is 0.0726 e. The van der Waals surface area contributed by atoms with Crippen molar-refractivity contribution in [1.82, 2.24) is 0 Å². The molecule has 0 aromatic rings. The Morgan fingerprint density at radius 3 is 1.89 bits per heavy atom. The molecule has 212 valence electrons. The maximum atomic E-state index is 10.4. The number of rotatable bonds is 20. The van der Waals surface area contributed by atoms with Crippen molar-refractivity contribution in [1.29, 1.82) is 0 Å². The van der Waals surface area contributed by atoms with E-state index < -0.39 is 0 Å². The Kier molecular flexibility index (Phi) is 18.8. The largest absolute Gasteiger partial charge is 0.389 e. The molecule has 0 heterocycles. The Hall–Kier alpha value is -1.34. The van der Waals surface area contributed by atoms with Crippen LogP contribution in [0, 0.1) is 5.41 Å². The zero-order valence-electron chi connectivity index (χ0n) is 25.7. The topological polar surface area (TPSA) is 20.2 Å². The van der Waals surface area contributed by atoms with Crippen molar-refractivity contribution < 1.29 is 5.11 Å². The Labute approximate surface area is 232 Å². The molecule has 0 aromatic heterocycles. The summed E-state index contributed by atoms with van der Waals surface area (Å²) in [5.41, 5.74) is 5.74. The summed E-state index contributed by atoms with van der Waals surface area (Å²) in [7, 11) is 0. The number of hydrogen-bond donors (Lipinski definition) is 1. The van der Waals surface area contributed by atoms with E-state index in [1.807, 2.05) is 6.08 Å². The summed E-state index contributed by atoms with van der Waals surface area (Å²) >= 11 is 0. The van der Waals surface area contributed by atoms with E-state index in [0.717, 1.165) is 18.4 Å². The van der Waals surface area contributed by atoms with Crippen molar-refractivity contribution in [2.24, 2.45) is 5.41 Å². The normalized spacial score (nSPS) is 17.9. The van der Waals surface area contributed by atoms with Crippen molar-refractivity contribution in [2.45, 2.75) is 163 Å². The van der Waals surface area contributed by atoms with Crippen molar-refractivity contribution in [3.05, 3.63) is 58.7 Å². The summed E-state index contributed by atoms with van der Waals surface area (Å²) in [5, 5.41) is 10.4. The van der Waals surface area contributed by atoms with Gasteiger partial charge in [0.25, 0.3) is 0 Å². The zero-order valence-corrected chi connectivity index (χ0v) is 25.7. The first-order valence-electron chi connectivity index (χ1n) is 15.9. The highest BCUT2D eigenvalue weighted by Gasteiger charge is 2.26. The second-order valence-corrected chi connectivity index (χ2v) is 12.4. The average Bonchev–Trinajstić information content (AvgIpc) is 2.83. The fourth-order valence-electron chi connectivity index (χ4n) is 5.62. The van der Waals surface area contributed by atoms with E-state index in [1.54, 1.807) is 5.57 Å². The first-order chi connectivity index (χ1) is 17.8. The van der Waals surface area contributed by atoms with Gasteiger partial charge in [-0.05, 0) is 57.4 Å². The number of allylic oxidation sites excluding steroid dienone is 9. The number of unbranched alkanes of at least 4 members (excludes halogenated alkanes) is 13. The lowest BCUT2D eigenvalue weighted by molar-refractivity contribution is 0.207. The quantitative estimate of drug-likeness (QED) is 0.127. The van der Waals surface area contributed by atoms with Gasteiger partial charge in [-0.15, -0.1) is 0 Å². The monoisotopic (exact) mass is 510 g/mol. The van der Waals surface area contributed by atoms with Gasteiger partial charge >= 0.3 is 0 Å². The first kappa shape index (κ1) is 33.7. The minimum Gasteiger partial charge on any atom is -0.389 e. The van der Waals surface area contributed by atoms with E-state index in [0.29, 0.717) is 0 Å². The van der Waals surface area contributed by atoms with Crippen LogP contribution >= 0.6 is 0 Å². The first-order valence-corrected chi connectivity index (χ1v) is 15.9. The molecule has 0 spiro atoms. The van der Waals surface area contributed by atoms with Crippen LogP contribution in [0.15, 0.2) is 58.7 Å². The highest BCUT2D eigenvalue weighted by Crippen LogP contribution is 2.40. The Morgan fingerprint density at radius 2 is 1.35 bits per heavy atom. The number of aliphatic hydroxyl groups is 1. The van der Waals surface area contributed by atoms with E-state index in [-0.39, 0.29) is 11.5 Å². The maximum absolute atomic E-state index is 10.4. The SMILES string of the molecule is CCCCCCCCCCCCCCCCC(O)/C=C(C)/C=C/C=C(C)/C=C/C1=C(C)CCCC1(C)C. The molecule has 0 saturated heterocycles. The molecule has 0 aromatic carbocycles. The molecule has 0 bridgehead atoms. The highest BCUT2D eigenvalue weighted by molar-refractivity contribution is 5.37. The molecule has 1 aliphatic carbocycles. The van der Waals surface area contributed by atoms with Gasteiger partial charge in [0.1, 0.15) is 0 Å². The highest BCUT2D eigenvalue weighted by atomic mass is 16.3. The second-order valence-electron chi connectivity index (χ2n) is 12.4.